The van der Waals surface area contributed by atoms with Crippen molar-refractivity contribution >= 4 is 17.4 Å². The van der Waals surface area contributed by atoms with Crippen LogP contribution < -0.4 is 10.2 Å². The molecule has 1 fully saturated rings. The maximum absolute atomic E-state index is 13.8. The van der Waals surface area contributed by atoms with Crippen LogP contribution in [-0.4, -0.2) is 30.9 Å². The van der Waals surface area contributed by atoms with Crippen molar-refractivity contribution in [3.05, 3.63) is 88.3 Å². The van der Waals surface area contributed by atoms with Gasteiger partial charge in [0.2, 0.25) is 0 Å². The Morgan fingerprint density at radius 2 is 1.61 bits per heavy atom. The molecule has 1 heterocycles. The molecular weight excluding hydrogens is 472 g/mol. The van der Waals surface area contributed by atoms with Crippen molar-refractivity contribution in [2.75, 3.05) is 18.0 Å². The number of nitrogens with zero attached hydrogens (tertiary/aromatic N) is 1. The van der Waals surface area contributed by atoms with Crippen LogP contribution in [0.15, 0.2) is 77.1 Å². The normalized spacial score (nSPS) is 22.1. The summed E-state index contributed by atoms with van der Waals surface area (Å²) in [5, 5.41) is 3.49. The molecular formula is C33H40N2O3. The molecule has 5 nitrogen and oxygen atoms in total. The second-order valence-corrected chi connectivity index (χ2v) is 10.9. The number of nitrogens with one attached hydrogen (secondary N) is 1. The van der Waals surface area contributed by atoms with Gasteiger partial charge in [-0.2, -0.15) is 0 Å². The van der Waals surface area contributed by atoms with Gasteiger partial charge in [0.1, 0.15) is 6.10 Å². The van der Waals surface area contributed by atoms with Gasteiger partial charge in [-0.3, -0.25) is 4.79 Å². The van der Waals surface area contributed by atoms with Crippen molar-refractivity contribution in [3.8, 4) is 0 Å². The molecule has 0 radical (unpaired) electrons. The van der Waals surface area contributed by atoms with Gasteiger partial charge in [-0.05, 0) is 82.1 Å². The molecule has 0 unspecified atom stereocenters. The van der Waals surface area contributed by atoms with Crippen LogP contribution in [0.1, 0.15) is 88.7 Å². The van der Waals surface area contributed by atoms with Gasteiger partial charge in [-0.1, -0.05) is 48.9 Å². The first-order valence-corrected chi connectivity index (χ1v) is 14.3. The molecule has 1 N–H and O–H groups in total. The molecule has 0 amide bonds. The molecule has 5 heteroatoms. The molecule has 200 valence electrons. The summed E-state index contributed by atoms with van der Waals surface area (Å²) >= 11 is 0. The van der Waals surface area contributed by atoms with Crippen LogP contribution in [0.4, 0.5) is 5.69 Å². The van der Waals surface area contributed by atoms with Crippen molar-refractivity contribution in [1.82, 2.24) is 5.32 Å². The molecule has 2 aliphatic carbocycles. The Morgan fingerprint density at radius 3 is 2.26 bits per heavy atom. The van der Waals surface area contributed by atoms with E-state index in [0.29, 0.717) is 12.0 Å². The zero-order valence-corrected chi connectivity index (χ0v) is 23.0. The third-order valence-corrected chi connectivity index (χ3v) is 8.50. The highest BCUT2D eigenvalue weighted by atomic mass is 16.5. The summed E-state index contributed by atoms with van der Waals surface area (Å²) in [7, 11) is 0. The minimum atomic E-state index is -0.419. The third-order valence-electron chi connectivity index (χ3n) is 8.50. The van der Waals surface area contributed by atoms with Crippen LogP contribution in [0.5, 0.6) is 0 Å². The number of anilines is 1. The number of benzene rings is 2. The standard InChI is InChI=1S/C33H40N2O3/c1-4-35(5-2)26-18-16-24(17-19-26)31-30(33(37)38-27-14-10-7-11-15-27)22(3)34-28-20-25(21-29(36)32(28)31)23-12-8-6-9-13-23/h6,8-9,12-13,16-19,25,27,31,34H,4-5,7,10-11,14-15,20-21H2,1-3H3/t25-,31-/m0/s1. The van der Waals surface area contributed by atoms with Crippen molar-refractivity contribution in [2.45, 2.75) is 83.7 Å². The molecule has 2 atom stereocenters. The van der Waals surface area contributed by atoms with Crippen LogP contribution in [0, 0.1) is 0 Å². The van der Waals surface area contributed by atoms with Crippen molar-refractivity contribution < 1.29 is 14.3 Å². The predicted molar refractivity (Wildman–Crippen MR) is 152 cm³/mol. The molecule has 3 aliphatic rings. The topological polar surface area (TPSA) is 58.6 Å². The second kappa shape index (κ2) is 11.6. The maximum Gasteiger partial charge on any atom is 0.337 e. The summed E-state index contributed by atoms with van der Waals surface area (Å²) in [6.07, 6.45) is 6.39. The number of esters is 1. The van der Waals surface area contributed by atoms with Crippen molar-refractivity contribution in [1.29, 1.82) is 0 Å². The minimum Gasteiger partial charge on any atom is -0.459 e. The zero-order valence-electron chi connectivity index (χ0n) is 23.0. The van der Waals surface area contributed by atoms with E-state index in [2.05, 4.69) is 60.5 Å². The Bertz CT molecular complexity index is 1220. The first kappa shape index (κ1) is 26.3. The van der Waals surface area contributed by atoms with Gasteiger partial charge in [-0.25, -0.2) is 4.79 Å². The highest BCUT2D eigenvalue weighted by molar-refractivity contribution is 6.04. The summed E-state index contributed by atoms with van der Waals surface area (Å²) in [4.78, 5) is 29.9. The van der Waals surface area contributed by atoms with Crippen LogP contribution in [0.2, 0.25) is 0 Å². The van der Waals surface area contributed by atoms with E-state index in [-0.39, 0.29) is 23.8 Å². The number of carbonyl (C=O) groups is 2. The van der Waals surface area contributed by atoms with Gasteiger partial charge >= 0.3 is 5.97 Å². The van der Waals surface area contributed by atoms with Crippen LogP contribution in [0.3, 0.4) is 0 Å². The van der Waals surface area contributed by atoms with Crippen LogP contribution in [0.25, 0.3) is 0 Å². The molecule has 1 saturated carbocycles. The van der Waals surface area contributed by atoms with Gasteiger partial charge in [0, 0.05) is 48.1 Å². The number of rotatable bonds is 7. The zero-order chi connectivity index (χ0) is 26.6. The Balaban J connectivity index is 1.52. The summed E-state index contributed by atoms with van der Waals surface area (Å²) in [6, 6.07) is 18.7. The van der Waals surface area contributed by atoms with Gasteiger partial charge in [0.15, 0.2) is 5.78 Å². The Kier molecular flexibility index (Phi) is 8.01. The first-order chi connectivity index (χ1) is 18.5. The Hall–Kier alpha value is -3.34. The van der Waals surface area contributed by atoms with Crippen LogP contribution >= 0.6 is 0 Å². The summed E-state index contributed by atoms with van der Waals surface area (Å²) in [5.41, 5.74) is 6.34. The fourth-order valence-corrected chi connectivity index (χ4v) is 6.47. The number of hydrogen-bond acceptors (Lipinski definition) is 5. The van der Waals surface area contributed by atoms with E-state index < -0.39 is 5.92 Å². The lowest BCUT2D eigenvalue weighted by molar-refractivity contribution is -0.146. The van der Waals surface area contributed by atoms with E-state index in [4.69, 9.17) is 4.74 Å². The second-order valence-electron chi connectivity index (χ2n) is 10.9. The SMILES string of the molecule is CCN(CC)c1ccc([C@H]2C(C(=O)OC3CCCCC3)=C(C)NC3=C2C(=O)C[C@@H](c2ccccc2)C3)cc1. The Labute approximate surface area is 227 Å². The number of hydrogen-bond donors (Lipinski definition) is 1. The molecule has 0 aromatic heterocycles. The summed E-state index contributed by atoms with van der Waals surface area (Å²) in [6.45, 7) is 8.11. The van der Waals surface area contributed by atoms with E-state index >= 15 is 0 Å². The average molecular weight is 513 g/mol. The van der Waals surface area contributed by atoms with E-state index in [0.717, 1.165) is 73.4 Å². The molecule has 0 spiro atoms. The lowest BCUT2D eigenvalue weighted by Crippen LogP contribution is -2.37. The average Bonchev–Trinajstić information content (AvgIpc) is 2.94. The molecule has 1 aliphatic heterocycles. The number of allylic oxidation sites excluding steroid dienone is 3. The quantitative estimate of drug-likeness (QED) is 0.415. The van der Waals surface area contributed by atoms with E-state index in [9.17, 15) is 9.59 Å². The largest absolute Gasteiger partial charge is 0.459 e. The number of ketones is 1. The lowest BCUT2D eigenvalue weighted by Gasteiger charge is -2.37. The van der Waals surface area contributed by atoms with E-state index in [1.54, 1.807) is 0 Å². The molecule has 38 heavy (non-hydrogen) atoms. The highest BCUT2D eigenvalue weighted by Gasteiger charge is 2.42. The fraction of sp³-hybridized carbons (Fsp3) is 0.455. The third kappa shape index (κ3) is 5.29. The van der Waals surface area contributed by atoms with Crippen molar-refractivity contribution in [3.63, 3.8) is 0 Å². The maximum atomic E-state index is 13.8. The Morgan fingerprint density at radius 1 is 0.921 bits per heavy atom. The van der Waals surface area contributed by atoms with E-state index in [1.165, 1.54) is 12.0 Å². The molecule has 2 aromatic carbocycles. The summed E-state index contributed by atoms with van der Waals surface area (Å²) in [5.74, 6) is -0.466. The fourth-order valence-electron chi connectivity index (χ4n) is 6.47. The number of carbonyl (C=O) groups excluding carboxylic acids is 2. The molecule has 5 rings (SSSR count). The van der Waals surface area contributed by atoms with Gasteiger partial charge in [0.05, 0.1) is 5.57 Å². The highest BCUT2D eigenvalue weighted by Crippen LogP contribution is 2.46. The molecule has 0 bridgehead atoms. The molecule has 2 aromatic rings. The van der Waals surface area contributed by atoms with Gasteiger partial charge in [0.25, 0.3) is 0 Å². The smallest absolute Gasteiger partial charge is 0.337 e. The first-order valence-electron chi connectivity index (χ1n) is 14.3. The van der Waals surface area contributed by atoms with Crippen molar-refractivity contribution in [2.24, 2.45) is 0 Å². The number of dihydropyridines is 1. The molecule has 0 saturated heterocycles. The van der Waals surface area contributed by atoms with Gasteiger partial charge in [-0.15, -0.1) is 0 Å². The number of Topliss-reactive ketones (excluding diaryl/α,β-unsaturated/α-hetero) is 1. The summed E-state index contributed by atoms with van der Waals surface area (Å²) < 4.78 is 6.08. The van der Waals surface area contributed by atoms with E-state index in [1.807, 2.05) is 25.1 Å². The van der Waals surface area contributed by atoms with Gasteiger partial charge < -0.3 is 15.0 Å². The number of ether oxygens (including phenoxy) is 1. The lowest BCUT2D eigenvalue weighted by atomic mass is 9.71. The monoisotopic (exact) mass is 512 g/mol. The van der Waals surface area contributed by atoms with Crippen LogP contribution in [-0.2, 0) is 14.3 Å². The predicted octanol–water partition coefficient (Wildman–Crippen LogP) is 6.77. The minimum absolute atomic E-state index is 0.0397.